The van der Waals surface area contributed by atoms with E-state index in [2.05, 4.69) is 9.72 Å². The normalized spacial score (nSPS) is 13.9. The van der Waals surface area contributed by atoms with Crippen LogP contribution in [0, 0.1) is 0 Å². The van der Waals surface area contributed by atoms with Crippen molar-refractivity contribution in [3.05, 3.63) is 29.6 Å². The van der Waals surface area contributed by atoms with Crippen LogP contribution in [0.25, 0.3) is 0 Å². The second-order valence-corrected chi connectivity index (χ2v) is 3.05. The quantitative estimate of drug-likeness (QED) is 0.527. The minimum Gasteiger partial charge on any atom is -0.467 e. The lowest BCUT2D eigenvalue weighted by molar-refractivity contribution is -0.157. The second-order valence-electron chi connectivity index (χ2n) is 3.05. The van der Waals surface area contributed by atoms with E-state index >= 15 is 0 Å². The lowest BCUT2D eigenvalue weighted by atomic mass is 10.1. The highest BCUT2D eigenvalue weighted by molar-refractivity contribution is 5.75. The van der Waals surface area contributed by atoms with Gasteiger partial charge >= 0.3 is 5.97 Å². The molecule has 86 valence electrons. The molecule has 0 aromatic carbocycles. The summed E-state index contributed by atoms with van der Waals surface area (Å²) in [7, 11) is 1.10. The maximum atomic E-state index is 10.9. The average molecular weight is 225 g/mol. The van der Waals surface area contributed by atoms with Crippen molar-refractivity contribution >= 4 is 12.3 Å². The summed E-state index contributed by atoms with van der Waals surface area (Å²) < 4.78 is 4.27. The van der Waals surface area contributed by atoms with E-state index in [-0.39, 0.29) is 5.69 Å². The van der Waals surface area contributed by atoms with Gasteiger partial charge in [-0.3, -0.25) is 9.78 Å². The summed E-state index contributed by atoms with van der Waals surface area (Å²) in [6.45, 7) is 0. The molecule has 6 heteroatoms. The molecule has 0 aliphatic carbocycles. The summed E-state index contributed by atoms with van der Waals surface area (Å²) in [5, 5.41) is 18.9. The Morgan fingerprint density at radius 3 is 2.62 bits per heavy atom. The first kappa shape index (κ1) is 12.3. The molecule has 1 rings (SSSR count). The van der Waals surface area contributed by atoms with E-state index in [1.165, 1.54) is 18.3 Å². The molecule has 2 N–H and O–H groups in total. The van der Waals surface area contributed by atoms with Gasteiger partial charge in [0.05, 0.1) is 12.8 Å². The SMILES string of the molecule is COC(=O)C(O)C(O)c1ccc(C=O)cn1. The van der Waals surface area contributed by atoms with Crippen molar-refractivity contribution in [1.29, 1.82) is 0 Å². The standard InChI is InChI=1S/C10H11NO5/c1-16-10(15)9(14)8(13)7-3-2-6(5-12)4-11-7/h2-5,8-9,13-14H,1H3. The molecular formula is C10H11NO5. The molecule has 0 saturated carbocycles. The number of aldehydes is 1. The molecule has 6 nitrogen and oxygen atoms in total. The highest BCUT2D eigenvalue weighted by atomic mass is 16.5. The third-order valence-electron chi connectivity index (χ3n) is 1.99. The van der Waals surface area contributed by atoms with Gasteiger partial charge in [0.15, 0.2) is 12.4 Å². The Balaban J connectivity index is 2.83. The predicted octanol–water partition coefficient (Wildman–Crippen LogP) is -0.539. The maximum Gasteiger partial charge on any atom is 0.337 e. The lowest BCUT2D eigenvalue weighted by Gasteiger charge is -2.14. The zero-order valence-electron chi connectivity index (χ0n) is 8.53. The number of esters is 1. The predicted molar refractivity (Wildman–Crippen MR) is 52.6 cm³/mol. The van der Waals surface area contributed by atoms with E-state index in [0.29, 0.717) is 11.8 Å². The van der Waals surface area contributed by atoms with Crippen LogP contribution in [0.3, 0.4) is 0 Å². The van der Waals surface area contributed by atoms with E-state index in [1.807, 2.05) is 0 Å². The molecule has 1 heterocycles. The molecule has 2 atom stereocenters. The zero-order chi connectivity index (χ0) is 12.1. The van der Waals surface area contributed by atoms with Crippen LogP contribution in [0.15, 0.2) is 18.3 Å². The summed E-state index contributed by atoms with van der Waals surface area (Å²) in [4.78, 5) is 25.0. The molecule has 0 amide bonds. The summed E-state index contributed by atoms with van der Waals surface area (Å²) in [6.07, 6.45) is -1.34. The number of aliphatic hydroxyl groups is 2. The van der Waals surface area contributed by atoms with Crippen molar-refractivity contribution in [3.63, 3.8) is 0 Å². The molecule has 0 spiro atoms. The first-order valence-electron chi connectivity index (χ1n) is 4.45. The van der Waals surface area contributed by atoms with Gasteiger partial charge in [-0.25, -0.2) is 4.79 Å². The minimum absolute atomic E-state index is 0.0866. The van der Waals surface area contributed by atoms with Crippen LogP contribution in [-0.4, -0.2) is 40.7 Å². The summed E-state index contributed by atoms with van der Waals surface area (Å²) in [6, 6.07) is 2.77. The van der Waals surface area contributed by atoms with Crippen LogP contribution in [0.1, 0.15) is 22.2 Å². The molecule has 0 bridgehead atoms. The fraction of sp³-hybridized carbons (Fsp3) is 0.300. The number of pyridine rings is 1. The number of carbonyl (C=O) groups excluding carboxylic acids is 2. The number of rotatable bonds is 4. The lowest BCUT2D eigenvalue weighted by Crippen LogP contribution is -2.29. The van der Waals surface area contributed by atoms with Gasteiger partial charge in [-0.15, -0.1) is 0 Å². The molecule has 16 heavy (non-hydrogen) atoms. The Bertz CT molecular complexity index is 375. The first-order chi connectivity index (χ1) is 7.60. The van der Waals surface area contributed by atoms with E-state index in [4.69, 9.17) is 0 Å². The Morgan fingerprint density at radius 2 is 2.19 bits per heavy atom. The van der Waals surface area contributed by atoms with Crippen molar-refractivity contribution in [1.82, 2.24) is 4.98 Å². The topological polar surface area (TPSA) is 96.7 Å². The fourth-order valence-corrected chi connectivity index (χ4v) is 1.07. The third-order valence-corrected chi connectivity index (χ3v) is 1.99. The number of aromatic nitrogens is 1. The van der Waals surface area contributed by atoms with Gasteiger partial charge in [0, 0.05) is 11.8 Å². The van der Waals surface area contributed by atoms with Crippen molar-refractivity contribution in [3.8, 4) is 0 Å². The third kappa shape index (κ3) is 2.62. The Labute approximate surface area is 91.5 Å². The van der Waals surface area contributed by atoms with Crippen LogP contribution in [0.2, 0.25) is 0 Å². The molecule has 2 unspecified atom stereocenters. The average Bonchev–Trinajstić information content (AvgIpc) is 2.36. The van der Waals surface area contributed by atoms with Crippen LogP contribution >= 0.6 is 0 Å². The number of aliphatic hydroxyl groups excluding tert-OH is 2. The number of carbonyl (C=O) groups is 2. The molecular weight excluding hydrogens is 214 g/mol. The molecule has 0 fully saturated rings. The highest BCUT2D eigenvalue weighted by Gasteiger charge is 2.27. The van der Waals surface area contributed by atoms with Crippen LogP contribution in [0.4, 0.5) is 0 Å². The molecule has 0 aliphatic rings. The Kier molecular flexibility index (Phi) is 4.10. The Morgan fingerprint density at radius 1 is 1.50 bits per heavy atom. The van der Waals surface area contributed by atoms with Crippen molar-refractivity contribution < 1.29 is 24.5 Å². The first-order valence-corrected chi connectivity index (χ1v) is 4.45. The summed E-state index contributed by atoms with van der Waals surface area (Å²) >= 11 is 0. The number of ether oxygens (including phenoxy) is 1. The van der Waals surface area contributed by atoms with Gasteiger partial charge in [0.25, 0.3) is 0 Å². The van der Waals surface area contributed by atoms with Gasteiger partial charge < -0.3 is 14.9 Å². The maximum absolute atomic E-state index is 10.9. The van der Waals surface area contributed by atoms with Crippen molar-refractivity contribution in [2.45, 2.75) is 12.2 Å². The summed E-state index contributed by atoms with van der Waals surface area (Å²) in [5.74, 6) is -0.950. The molecule has 0 aliphatic heterocycles. The van der Waals surface area contributed by atoms with E-state index in [9.17, 15) is 19.8 Å². The number of hydrogen-bond donors (Lipinski definition) is 2. The monoisotopic (exact) mass is 225 g/mol. The number of nitrogens with zero attached hydrogens (tertiary/aromatic N) is 1. The fourth-order valence-electron chi connectivity index (χ4n) is 1.07. The van der Waals surface area contributed by atoms with Gasteiger partial charge in [-0.2, -0.15) is 0 Å². The van der Waals surface area contributed by atoms with E-state index in [0.717, 1.165) is 7.11 Å². The van der Waals surface area contributed by atoms with E-state index in [1.54, 1.807) is 0 Å². The number of hydrogen-bond acceptors (Lipinski definition) is 6. The van der Waals surface area contributed by atoms with Crippen molar-refractivity contribution in [2.24, 2.45) is 0 Å². The van der Waals surface area contributed by atoms with Crippen LogP contribution in [0.5, 0.6) is 0 Å². The second kappa shape index (κ2) is 5.34. The molecule has 0 radical (unpaired) electrons. The summed E-state index contributed by atoms with van der Waals surface area (Å²) in [5.41, 5.74) is 0.423. The highest BCUT2D eigenvalue weighted by Crippen LogP contribution is 2.15. The smallest absolute Gasteiger partial charge is 0.337 e. The molecule has 1 aromatic rings. The van der Waals surface area contributed by atoms with Gasteiger partial charge in [-0.05, 0) is 12.1 Å². The van der Waals surface area contributed by atoms with Crippen LogP contribution in [-0.2, 0) is 9.53 Å². The van der Waals surface area contributed by atoms with Gasteiger partial charge in [0.1, 0.15) is 6.10 Å². The number of methoxy groups -OCH3 is 1. The van der Waals surface area contributed by atoms with Gasteiger partial charge in [0.2, 0.25) is 0 Å². The Hall–Kier alpha value is -1.79. The largest absolute Gasteiger partial charge is 0.467 e. The van der Waals surface area contributed by atoms with Crippen LogP contribution < -0.4 is 0 Å². The molecule has 0 saturated heterocycles. The zero-order valence-corrected chi connectivity index (χ0v) is 8.53. The molecule has 1 aromatic heterocycles. The van der Waals surface area contributed by atoms with Gasteiger partial charge in [-0.1, -0.05) is 0 Å². The minimum atomic E-state index is -1.69. The van der Waals surface area contributed by atoms with E-state index < -0.39 is 18.2 Å². The van der Waals surface area contributed by atoms with Crippen molar-refractivity contribution in [2.75, 3.05) is 7.11 Å².